The first-order valence-corrected chi connectivity index (χ1v) is 7.84. The van der Waals surface area contributed by atoms with Crippen LogP contribution in [0, 0.1) is 0 Å². The van der Waals surface area contributed by atoms with Crippen LogP contribution in [0.4, 0.5) is 5.69 Å². The molecule has 0 unspecified atom stereocenters. The first-order valence-electron chi connectivity index (χ1n) is 7.84. The summed E-state index contributed by atoms with van der Waals surface area (Å²) < 4.78 is 0. The molecule has 0 spiro atoms. The lowest BCUT2D eigenvalue weighted by molar-refractivity contribution is 0.0949. The van der Waals surface area contributed by atoms with Crippen molar-refractivity contribution in [3.8, 4) is 0 Å². The summed E-state index contributed by atoms with van der Waals surface area (Å²) in [7, 11) is 0. The fourth-order valence-electron chi connectivity index (χ4n) is 2.51. The van der Waals surface area contributed by atoms with Gasteiger partial charge < -0.3 is 10.6 Å². The number of nitrogens with zero attached hydrogens (tertiary/aromatic N) is 1. The molecule has 0 fully saturated rings. The molecule has 0 aliphatic heterocycles. The zero-order chi connectivity index (χ0) is 15.1. The van der Waals surface area contributed by atoms with Crippen molar-refractivity contribution >= 4 is 11.6 Å². The van der Waals surface area contributed by atoms with Gasteiger partial charge in [0.15, 0.2) is 0 Å². The van der Waals surface area contributed by atoms with Gasteiger partial charge in [-0.05, 0) is 58.1 Å². The van der Waals surface area contributed by atoms with Gasteiger partial charge in [0.25, 0.3) is 5.91 Å². The van der Waals surface area contributed by atoms with E-state index in [1.807, 2.05) is 6.07 Å². The maximum Gasteiger partial charge on any atom is 0.269 e. The van der Waals surface area contributed by atoms with Crippen molar-refractivity contribution in [2.75, 3.05) is 11.9 Å². The van der Waals surface area contributed by atoms with Crippen molar-refractivity contribution in [2.24, 2.45) is 0 Å². The summed E-state index contributed by atoms with van der Waals surface area (Å²) in [6, 6.07) is 4.01. The van der Waals surface area contributed by atoms with Gasteiger partial charge >= 0.3 is 0 Å². The number of hydrogen-bond donors (Lipinski definition) is 2. The normalized spacial score (nSPS) is 14.7. The zero-order valence-corrected chi connectivity index (χ0v) is 13.0. The van der Waals surface area contributed by atoms with E-state index in [0.29, 0.717) is 18.3 Å². The Morgan fingerprint density at radius 1 is 1.33 bits per heavy atom. The number of pyridine rings is 1. The van der Waals surface area contributed by atoms with Gasteiger partial charge in [0.05, 0.1) is 11.9 Å². The van der Waals surface area contributed by atoms with Crippen LogP contribution in [0.25, 0.3) is 0 Å². The van der Waals surface area contributed by atoms with Gasteiger partial charge in [-0.15, -0.1) is 0 Å². The number of amides is 1. The second-order valence-electron chi connectivity index (χ2n) is 5.85. The second kappa shape index (κ2) is 7.81. The third-order valence-corrected chi connectivity index (χ3v) is 3.57. The summed E-state index contributed by atoms with van der Waals surface area (Å²) in [5.74, 6) is -0.0949. The molecule has 0 bridgehead atoms. The number of hydrogen-bond acceptors (Lipinski definition) is 3. The average Bonchev–Trinajstić information content (AvgIpc) is 2.48. The van der Waals surface area contributed by atoms with Crippen LogP contribution in [-0.2, 0) is 0 Å². The van der Waals surface area contributed by atoms with Gasteiger partial charge in [0.2, 0.25) is 0 Å². The lowest BCUT2D eigenvalue weighted by Crippen LogP contribution is -2.25. The van der Waals surface area contributed by atoms with Crippen LogP contribution in [-0.4, -0.2) is 23.5 Å². The van der Waals surface area contributed by atoms with E-state index in [2.05, 4.69) is 35.5 Å². The third-order valence-electron chi connectivity index (χ3n) is 3.57. The van der Waals surface area contributed by atoms with Crippen molar-refractivity contribution in [3.05, 3.63) is 35.7 Å². The Labute approximate surface area is 127 Å². The minimum Gasteiger partial charge on any atom is -0.382 e. The van der Waals surface area contributed by atoms with Crippen LogP contribution < -0.4 is 10.6 Å². The minimum absolute atomic E-state index is 0.0949. The molecule has 0 saturated heterocycles. The highest BCUT2D eigenvalue weighted by molar-refractivity contribution is 5.92. The van der Waals surface area contributed by atoms with Crippen LogP contribution >= 0.6 is 0 Å². The van der Waals surface area contributed by atoms with Crippen LogP contribution in [0.1, 0.15) is 56.4 Å². The number of nitrogens with one attached hydrogen (secondary N) is 2. The molecule has 1 aliphatic rings. The molecule has 0 saturated carbocycles. The van der Waals surface area contributed by atoms with Crippen LogP contribution in [0.3, 0.4) is 0 Å². The zero-order valence-electron chi connectivity index (χ0n) is 13.0. The molecule has 114 valence electrons. The Morgan fingerprint density at radius 3 is 2.81 bits per heavy atom. The molecule has 0 aromatic carbocycles. The topological polar surface area (TPSA) is 54.0 Å². The van der Waals surface area contributed by atoms with Gasteiger partial charge in [-0.3, -0.25) is 4.79 Å². The fraction of sp³-hybridized carbons (Fsp3) is 0.529. The molecule has 4 heteroatoms. The second-order valence-corrected chi connectivity index (χ2v) is 5.85. The number of allylic oxidation sites excluding steroid dienone is 1. The van der Waals surface area contributed by atoms with Crippen molar-refractivity contribution in [2.45, 2.75) is 52.0 Å². The number of anilines is 1. The van der Waals surface area contributed by atoms with E-state index in [4.69, 9.17) is 0 Å². The predicted octanol–water partition coefficient (Wildman–Crippen LogP) is 3.52. The molecule has 0 atom stereocenters. The Morgan fingerprint density at radius 2 is 2.19 bits per heavy atom. The number of rotatable bonds is 6. The van der Waals surface area contributed by atoms with E-state index in [0.717, 1.165) is 12.1 Å². The molecule has 1 aromatic rings. The molecule has 1 aromatic heterocycles. The standard InChI is InChI=1S/C17H25N3O/c1-13(2)20-15-8-9-16(19-12-15)17(21)18-11-10-14-6-4-3-5-7-14/h6,8-9,12-13,20H,3-5,7,10-11H2,1-2H3,(H,18,21). The molecule has 0 radical (unpaired) electrons. The molecular formula is C17H25N3O. The Hall–Kier alpha value is -1.84. The van der Waals surface area contributed by atoms with E-state index in [-0.39, 0.29) is 5.91 Å². The monoisotopic (exact) mass is 287 g/mol. The summed E-state index contributed by atoms with van der Waals surface area (Å²) >= 11 is 0. The lowest BCUT2D eigenvalue weighted by atomic mass is 9.97. The minimum atomic E-state index is -0.0949. The molecule has 2 rings (SSSR count). The van der Waals surface area contributed by atoms with Crippen molar-refractivity contribution in [3.63, 3.8) is 0 Å². The molecule has 21 heavy (non-hydrogen) atoms. The quantitative estimate of drug-likeness (QED) is 0.787. The first-order chi connectivity index (χ1) is 10.1. The Balaban J connectivity index is 1.78. The lowest BCUT2D eigenvalue weighted by Gasteiger charge is -2.13. The van der Waals surface area contributed by atoms with E-state index in [9.17, 15) is 4.79 Å². The van der Waals surface area contributed by atoms with Gasteiger partial charge in [0, 0.05) is 12.6 Å². The van der Waals surface area contributed by atoms with Crippen molar-refractivity contribution in [1.29, 1.82) is 0 Å². The molecule has 1 amide bonds. The van der Waals surface area contributed by atoms with Gasteiger partial charge in [-0.25, -0.2) is 4.98 Å². The third kappa shape index (κ3) is 5.21. The number of carbonyl (C=O) groups is 1. The summed E-state index contributed by atoms with van der Waals surface area (Å²) in [6.45, 7) is 4.83. The summed E-state index contributed by atoms with van der Waals surface area (Å²) in [5.41, 5.74) is 2.89. The van der Waals surface area contributed by atoms with E-state index < -0.39 is 0 Å². The van der Waals surface area contributed by atoms with Crippen LogP contribution in [0.2, 0.25) is 0 Å². The molecule has 1 aliphatic carbocycles. The number of aromatic nitrogens is 1. The fourth-order valence-corrected chi connectivity index (χ4v) is 2.51. The largest absolute Gasteiger partial charge is 0.382 e. The first kappa shape index (κ1) is 15.5. The van der Waals surface area contributed by atoms with E-state index in [1.54, 1.807) is 12.3 Å². The molecule has 4 nitrogen and oxygen atoms in total. The van der Waals surface area contributed by atoms with Crippen LogP contribution in [0.15, 0.2) is 30.0 Å². The van der Waals surface area contributed by atoms with E-state index in [1.165, 1.54) is 31.3 Å². The van der Waals surface area contributed by atoms with Crippen molar-refractivity contribution < 1.29 is 4.79 Å². The SMILES string of the molecule is CC(C)Nc1ccc(C(=O)NCCC2=CCCCC2)nc1. The van der Waals surface area contributed by atoms with Gasteiger partial charge in [-0.1, -0.05) is 11.6 Å². The summed E-state index contributed by atoms with van der Waals surface area (Å²) in [5, 5.41) is 6.20. The Kier molecular flexibility index (Phi) is 5.78. The summed E-state index contributed by atoms with van der Waals surface area (Å²) in [4.78, 5) is 16.2. The van der Waals surface area contributed by atoms with Crippen LogP contribution in [0.5, 0.6) is 0 Å². The Bertz CT molecular complexity index is 491. The predicted molar refractivity (Wildman–Crippen MR) is 86.5 cm³/mol. The van der Waals surface area contributed by atoms with E-state index >= 15 is 0 Å². The highest BCUT2D eigenvalue weighted by Gasteiger charge is 2.08. The van der Waals surface area contributed by atoms with Crippen molar-refractivity contribution in [1.82, 2.24) is 10.3 Å². The maximum absolute atomic E-state index is 12.0. The molecule has 1 heterocycles. The average molecular weight is 287 g/mol. The summed E-state index contributed by atoms with van der Waals surface area (Å²) in [6.07, 6.45) is 9.94. The molecule has 2 N–H and O–H groups in total. The molecular weight excluding hydrogens is 262 g/mol. The van der Waals surface area contributed by atoms with Gasteiger partial charge in [0.1, 0.15) is 5.69 Å². The highest BCUT2D eigenvalue weighted by atomic mass is 16.1. The maximum atomic E-state index is 12.0. The highest BCUT2D eigenvalue weighted by Crippen LogP contribution is 2.19. The van der Waals surface area contributed by atoms with Gasteiger partial charge in [-0.2, -0.15) is 0 Å². The smallest absolute Gasteiger partial charge is 0.269 e. The number of carbonyl (C=O) groups excluding carboxylic acids is 1.